The minimum Gasteiger partial charge on any atom is -0.309 e. The molecule has 1 aliphatic rings. The Hall–Kier alpha value is -1.23. The van der Waals surface area contributed by atoms with Gasteiger partial charge in [0.1, 0.15) is 5.01 Å². The molecule has 0 atom stereocenters. The van der Waals surface area contributed by atoms with Crippen molar-refractivity contribution in [2.24, 2.45) is 0 Å². The van der Waals surface area contributed by atoms with Gasteiger partial charge < -0.3 is 10.2 Å². The van der Waals surface area contributed by atoms with Gasteiger partial charge in [-0.2, -0.15) is 0 Å². The number of aromatic nitrogens is 1. The van der Waals surface area contributed by atoms with E-state index in [0.717, 1.165) is 25.3 Å². The largest absolute Gasteiger partial charge is 0.309 e. The van der Waals surface area contributed by atoms with Gasteiger partial charge in [0, 0.05) is 30.6 Å². The number of hydrogen-bond donors (Lipinski definition) is 1. The normalized spacial score (nSPS) is 16.5. The van der Waals surface area contributed by atoms with Gasteiger partial charge in [-0.3, -0.25) is 0 Å². The Kier molecular flexibility index (Phi) is 5.99. The zero-order chi connectivity index (χ0) is 15.0. The number of rotatable bonds is 6. The number of nitrogens with one attached hydrogen (secondary N) is 1. The third-order valence-electron chi connectivity index (χ3n) is 4.20. The summed E-state index contributed by atoms with van der Waals surface area (Å²) in [5, 5.41) is 6.87. The van der Waals surface area contributed by atoms with Crippen molar-refractivity contribution in [2.75, 3.05) is 26.2 Å². The standard InChI is InChI=1S/C18H25N3S/c1-2-7-12-21(11-6-1)13-10-19-14-18-20-17(15-22-18)16-8-4-3-5-9-16/h3-5,8-9,15,19H,1-2,6-7,10-14H2. The first-order chi connectivity index (χ1) is 10.9. The molecule has 0 radical (unpaired) electrons. The third-order valence-corrected chi connectivity index (χ3v) is 5.05. The highest BCUT2D eigenvalue weighted by Gasteiger charge is 2.08. The maximum atomic E-state index is 4.72. The van der Waals surface area contributed by atoms with Gasteiger partial charge in [-0.05, 0) is 25.9 Å². The van der Waals surface area contributed by atoms with Crippen LogP contribution < -0.4 is 5.32 Å². The maximum absolute atomic E-state index is 4.72. The summed E-state index contributed by atoms with van der Waals surface area (Å²) in [4.78, 5) is 7.32. The van der Waals surface area contributed by atoms with Crippen molar-refractivity contribution in [3.8, 4) is 11.3 Å². The molecule has 22 heavy (non-hydrogen) atoms. The monoisotopic (exact) mass is 315 g/mol. The van der Waals surface area contributed by atoms with Crippen LogP contribution in [0.4, 0.5) is 0 Å². The molecule has 1 aromatic heterocycles. The Bertz CT molecular complexity index is 544. The van der Waals surface area contributed by atoms with Crippen LogP contribution in [-0.2, 0) is 6.54 Å². The summed E-state index contributed by atoms with van der Waals surface area (Å²) in [7, 11) is 0. The van der Waals surface area contributed by atoms with Crippen molar-refractivity contribution in [1.82, 2.24) is 15.2 Å². The minimum absolute atomic E-state index is 0.880. The summed E-state index contributed by atoms with van der Waals surface area (Å²) >= 11 is 1.75. The molecule has 1 aromatic carbocycles. The van der Waals surface area contributed by atoms with Gasteiger partial charge in [-0.25, -0.2) is 4.98 Å². The molecule has 0 spiro atoms. The van der Waals surface area contributed by atoms with Crippen LogP contribution in [0.3, 0.4) is 0 Å². The lowest BCUT2D eigenvalue weighted by Crippen LogP contribution is -2.32. The highest BCUT2D eigenvalue weighted by molar-refractivity contribution is 7.09. The van der Waals surface area contributed by atoms with E-state index in [1.807, 2.05) is 6.07 Å². The molecule has 1 saturated heterocycles. The maximum Gasteiger partial charge on any atom is 0.107 e. The fourth-order valence-corrected chi connectivity index (χ4v) is 3.70. The second kappa shape index (κ2) is 8.42. The summed E-state index contributed by atoms with van der Waals surface area (Å²) in [5.74, 6) is 0. The zero-order valence-corrected chi connectivity index (χ0v) is 13.9. The zero-order valence-electron chi connectivity index (χ0n) is 13.1. The highest BCUT2D eigenvalue weighted by atomic mass is 32.1. The first-order valence-corrected chi connectivity index (χ1v) is 9.23. The van der Waals surface area contributed by atoms with Crippen molar-refractivity contribution in [1.29, 1.82) is 0 Å². The lowest BCUT2D eigenvalue weighted by molar-refractivity contribution is 0.284. The molecule has 1 aliphatic heterocycles. The molecule has 0 bridgehead atoms. The molecule has 0 amide bonds. The average molecular weight is 315 g/mol. The molecule has 2 aromatic rings. The van der Waals surface area contributed by atoms with E-state index in [1.54, 1.807) is 11.3 Å². The molecule has 0 aliphatic carbocycles. The van der Waals surface area contributed by atoms with E-state index in [0.29, 0.717) is 0 Å². The first-order valence-electron chi connectivity index (χ1n) is 8.35. The SMILES string of the molecule is c1ccc(-c2csc(CNCCN3CCCCCC3)n2)cc1. The summed E-state index contributed by atoms with van der Waals surface area (Å²) < 4.78 is 0. The summed E-state index contributed by atoms with van der Waals surface area (Å²) in [6, 6.07) is 10.4. The fraction of sp³-hybridized carbons (Fsp3) is 0.500. The summed E-state index contributed by atoms with van der Waals surface area (Å²) in [5.41, 5.74) is 2.30. The number of nitrogens with zero attached hydrogens (tertiary/aromatic N) is 2. The number of thiazole rings is 1. The molecule has 2 heterocycles. The van der Waals surface area contributed by atoms with Crippen molar-refractivity contribution in [2.45, 2.75) is 32.2 Å². The third kappa shape index (κ3) is 4.63. The van der Waals surface area contributed by atoms with Crippen LogP contribution in [0, 0.1) is 0 Å². The fourth-order valence-electron chi connectivity index (χ4n) is 2.93. The minimum atomic E-state index is 0.880. The van der Waals surface area contributed by atoms with Gasteiger partial charge in [-0.15, -0.1) is 11.3 Å². The molecule has 3 rings (SSSR count). The van der Waals surface area contributed by atoms with Crippen LogP contribution in [-0.4, -0.2) is 36.1 Å². The van der Waals surface area contributed by atoms with Gasteiger partial charge in [0.05, 0.1) is 5.69 Å². The molecule has 118 valence electrons. The second-order valence-corrected chi connectivity index (χ2v) is 6.87. The predicted octanol–water partition coefficient (Wildman–Crippen LogP) is 3.78. The van der Waals surface area contributed by atoms with E-state index in [1.165, 1.54) is 49.3 Å². The molecule has 0 saturated carbocycles. The number of likely N-dealkylation sites (tertiary alicyclic amines) is 1. The average Bonchev–Trinajstić information content (AvgIpc) is 2.88. The Balaban J connectivity index is 1.41. The van der Waals surface area contributed by atoms with Crippen molar-refractivity contribution in [3.63, 3.8) is 0 Å². The second-order valence-electron chi connectivity index (χ2n) is 5.93. The van der Waals surface area contributed by atoms with Gasteiger partial charge >= 0.3 is 0 Å². The highest BCUT2D eigenvalue weighted by Crippen LogP contribution is 2.21. The van der Waals surface area contributed by atoms with Crippen molar-refractivity contribution >= 4 is 11.3 Å². The van der Waals surface area contributed by atoms with Crippen LogP contribution >= 0.6 is 11.3 Å². The molecule has 1 N–H and O–H groups in total. The summed E-state index contributed by atoms with van der Waals surface area (Å²) in [6.07, 6.45) is 5.55. The van der Waals surface area contributed by atoms with Gasteiger partial charge in [-0.1, -0.05) is 43.2 Å². The molecule has 3 nitrogen and oxygen atoms in total. The van der Waals surface area contributed by atoms with Gasteiger partial charge in [0.25, 0.3) is 0 Å². The predicted molar refractivity (Wildman–Crippen MR) is 94.2 cm³/mol. The van der Waals surface area contributed by atoms with E-state index < -0.39 is 0 Å². The lowest BCUT2D eigenvalue weighted by Gasteiger charge is -2.19. The van der Waals surface area contributed by atoms with Gasteiger partial charge in [0.15, 0.2) is 0 Å². The lowest BCUT2D eigenvalue weighted by atomic mass is 10.2. The van der Waals surface area contributed by atoms with Crippen molar-refractivity contribution in [3.05, 3.63) is 40.7 Å². The van der Waals surface area contributed by atoms with Crippen molar-refractivity contribution < 1.29 is 0 Å². The molecule has 1 fully saturated rings. The van der Waals surface area contributed by atoms with E-state index in [2.05, 4.69) is 39.9 Å². The Morgan fingerprint density at radius 1 is 1.05 bits per heavy atom. The number of benzene rings is 1. The molecule has 0 unspecified atom stereocenters. The smallest absolute Gasteiger partial charge is 0.107 e. The Morgan fingerprint density at radius 3 is 2.59 bits per heavy atom. The van der Waals surface area contributed by atoms with E-state index in [4.69, 9.17) is 4.98 Å². The van der Waals surface area contributed by atoms with Crippen LogP contribution in [0.2, 0.25) is 0 Å². The van der Waals surface area contributed by atoms with Crippen LogP contribution in [0.5, 0.6) is 0 Å². The molecular formula is C18H25N3S. The molecular weight excluding hydrogens is 290 g/mol. The summed E-state index contributed by atoms with van der Waals surface area (Å²) in [6.45, 7) is 5.65. The van der Waals surface area contributed by atoms with E-state index in [-0.39, 0.29) is 0 Å². The van der Waals surface area contributed by atoms with Crippen LogP contribution in [0.15, 0.2) is 35.7 Å². The molecule has 4 heteroatoms. The van der Waals surface area contributed by atoms with Gasteiger partial charge in [0.2, 0.25) is 0 Å². The van der Waals surface area contributed by atoms with Crippen LogP contribution in [0.1, 0.15) is 30.7 Å². The quantitative estimate of drug-likeness (QED) is 0.822. The topological polar surface area (TPSA) is 28.2 Å². The first kappa shape index (κ1) is 15.7. The Labute approximate surface area is 137 Å². The number of hydrogen-bond acceptors (Lipinski definition) is 4. The van der Waals surface area contributed by atoms with E-state index in [9.17, 15) is 0 Å². The van der Waals surface area contributed by atoms with Crippen LogP contribution in [0.25, 0.3) is 11.3 Å². The van der Waals surface area contributed by atoms with E-state index >= 15 is 0 Å². The Morgan fingerprint density at radius 2 is 1.82 bits per heavy atom.